The Hall–Kier alpha value is 0.771. The van der Waals surface area contributed by atoms with Crippen LogP contribution in [0.5, 0.6) is 0 Å². The molecule has 0 saturated heterocycles. The number of rotatable bonds is 1. The first-order chi connectivity index (χ1) is 4.27. The second-order valence-electron chi connectivity index (χ2n) is 3.75. The van der Waals surface area contributed by atoms with Crippen molar-refractivity contribution in [1.29, 1.82) is 0 Å². The Labute approximate surface area is 97.0 Å². The molecule has 0 bridgehead atoms. The third-order valence-corrected chi connectivity index (χ3v) is 0.365. The monoisotopic (exact) mass is 248 g/mol. The molecule has 4 nitrogen and oxygen atoms in total. The van der Waals surface area contributed by atoms with E-state index in [0.29, 0.717) is 12.5 Å². The van der Waals surface area contributed by atoms with E-state index in [9.17, 15) is 0 Å². The Morgan fingerprint density at radius 1 is 1.08 bits per heavy atom. The molecule has 0 aromatic carbocycles. The molecule has 0 spiro atoms. The second kappa shape index (κ2) is 15.3. The van der Waals surface area contributed by atoms with Gasteiger partial charge in [-0.05, 0) is 25.6 Å². The van der Waals surface area contributed by atoms with Crippen LogP contribution in [0.25, 0.3) is 0 Å². The van der Waals surface area contributed by atoms with Gasteiger partial charge in [-0.2, -0.15) is 0 Å². The summed E-state index contributed by atoms with van der Waals surface area (Å²) >= 11 is 0. The summed E-state index contributed by atoms with van der Waals surface area (Å²) in [7, 11) is -1.61. The topological polar surface area (TPSA) is 103 Å². The molecule has 6 heteroatoms. The van der Waals surface area contributed by atoms with Gasteiger partial charge in [0.15, 0.2) is 8.32 Å². The summed E-state index contributed by atoms with van der Waals surface area (Å²) in [4.78, 5) is 8.66. The van der Waals surface area contributed by atoms with E-state index in [1.54, 1.807) is 0 Å². The molecule has 0 atom stereocenters. The minimum absolute atomic E-state index is 0. The van der Waals surface area contributed by atoms with Crippen LogP contribution in [-0.2, 0) is 21.7 Å². The molecule has 0 aromatic rings. The fraction of sp³-hybridized carbons (Fsp3) is 1.00. The van der Waals surface area contributed by atoms with Crippen LogP contribution in [0.4, 0.5) is 0 Å². The predicted octanol–water partition coefficient (Wildman–Crippen LogP) is -0.204. The molecule has 13 heavy (non-hydrogen) atoms. The molecule has 0 radical (unpaired) electrons. The zero-order valence-electron chi connectivity index (χ0n) is 9.18. The average Bonchev–Trinajstić information content (AvgIpc) is 1.61. The number of hydrogen-bond donors (Lipinski definition) is 2. The number of aliphatic hydroxyl groups excluding tert-OH is 1. The molecule has 0 aromatic heterocycles. The van der Waals surface area contributed by atoms with E-state index >= 15 is 0 Å². The van der Waals surface area contributed by atoms with Gasteiger partial charge in [-0.15, -0.1) is 0 Å². The van der Waals surface area contributed by atoms with Crippen molar-refractivity contribution in [2.24, 2.45) is 5.92 Å². The van der Waals surface area contributed by atoms with Gasteiger partial charge in [-0.1, -0.05) is 13.8 Å². The summed E-state index contributed by atoms with van der Waals surface area (Å²) in [6, 6.07) is 0. The standard InChI is InChI=1S/C4H10O.C3H10OSi.2H2O.Ti/c1-4(2)3-5;1-5(2,3)4;;;/h4-5H,3H2,1-2H3;4H,1-3H3;2*1H2;. The van der Waals surface area contributed by atoms with Gasteiger partial charge in [-0.25, -0.2) is 0 Å². The maximum absolute atomic E-state index is 8.66. The van der Waals surface area contributed by atoms with Gasteiger partial charge in [0, 0.05) is 28.3 Å². The van der Waals surface area contributed by atoms with Crippen LogP contribution in [0.2, 0.25) is 19.6 Å². The molecule has 0 aliphatic carbocycles. The van der Waals surface area contributed by atoms with Gasteiger partial charge in [0.1, 0.15) is 0 Å². The summed E-state index contributed by atoms with van der Waals surface area (Å²) in [5, 5.41) is 8.14. The van der Waals surface area contributed by atoms with Crippen LogP contribution in [0.1, 0.15) is 13.8 Å². The smallest absolute Gasteiger partial charge is 0.179 e. The average molecular weight is 248 g/mol. The quantitative estimate of drug-likeness (QED) is 0.627. The maximum Gasteiger partial charge on any atom is 0.179 e. The SMILES string of the molecule is CC(C)CO.C[Si](C)(C)O.O.O.[Ti]. The minimum atomic E-state index is -1.61. The van der Waals surface area contributed by atoms with Crippen LogP contribution in [0, 0.1) is 5.92 Å². The zero-order valence-corrected chi connectivity index (χ0v) is 11.7. The van der Waals surface area contributed by atoms with Gasteiger partial charge < -0.3 is 20.9 Å². The van der Waals surface area contributed by atoms with E-state index in [0.717, 1.165) is 0 Å². The van der Waals surface area contributed by atoms with Crippen LogP contribution in [-0.4, -0.2) is 35.8 Å². The Morgan fingerprint density at radius 2 is 1.15 bits per heavy atom. The van der Waals surface area contributed by atoms with Crippen LogP contribution < -0.4 is 0 Å². The van der Waals surface area contributed by atoms with Gasteiger partial charge >= 0.3 is 0 Å². The molecular weight excluding hydrogens is 224 g/mol. The van der Waals surface area contributed by atoms with Crippen molar-refractivity contribution in [3.63, 3.8) is 0 Å². The molecule has 0 saturated carbocycles. The third kappa shape index (κ3) is 193. The minimum Gasteiger partial charge on any atom is -0.433 e. The molecule has 0 heterocycles. The zero-order chi connectivity index (χ0) is 8.78. The first kappa shape index (κ1) is 29.2. The van der Waals surface area contributed by atoms with Gasteiger partial charge in [0.2, 0.25) is 0 Å². The van der Waals surface area contributed by atoms with Crippen molar-refractivity contribution >= 4 is 8.32 Å². The molecule has 0 fully saturated rings. The molecular formula is C7H24O4SiTi. The summed E-state index contributed by atoms with van der Waals surface area (Å²) in [6.45, 7) is 9.90. The van der Waals surface area contributed by atoms with E-state index in [4.69, 9.17) is 9.90 Å². The number of hydrogen-bond acceptors (Lipinski definition) is 2. The van der Waals surface area contributed by atoms with Crippen molar-refractivity contribution < 1.29 is 42.6 Å². The van der Waals surface area contributed by atoms with Gasteiger partial charge in [0.25, 0.3) is 0 Å². The molecule has 0 amide bonds. The summed E-state index contributed by atoms with van der Waals surface area (Å²) in [5.41, 5.74) is 0. The Kier molecular flexibility index (Phi) is 34.3. The Morgan fingerprint density at radius 3 is 1.15 bits per heavy atom. The molecule has 6 N–H and O–H groups in total. The van der Waals surface area contributed by atoms with E-state index in [2.05, 4.69) is 0 Å². The predicted molar refractivity (Wildman–Crippen MR) is 54.7 cm³/mol. The fourth-order valence-electron chi connectivity index (χ4n) is 0. The van der Waals surface area contributed by atoms with Crippen molar-refractivity contribution in [2.75, 3.05) is 6.61 Å². The van der Waals surface area contributed by atoms with E-state index in [-0.39, 0.29) is 32.7 Å². The molecule has 84 valence electrons. The largest absolute Gasteiger partial charge is 0.433 e. The Balaban J connectivity index is -0.0000000267. The van der Waals surface area contributed by atoms with Gasteiger partial charge in [-0.3, -0.25) is 0 Å². The summed E-state index contributed by atoms with van der Waals surface area (Å²) in [5.74, 6) is 0.440. The normalized spacial score (nSPS) is 8.31. The fourth-order valence-corrected chi connectivity index (χ4v) is 0. The summed E-state index contributed by atoms with van der Waals surface area (Å²) in [6.07, 6.45) is 0. The van der Waals surface area contributed by atoms with Crippen molar-refractivity contribution in [3.05, 3.63) is 0 Å². The van der Waals surface area contributed by atoms with E-state index in [1.165, 1.54) is 0 Å². The molecule has 0 unspecified atom stereocenters. The van der Waals surface area contributed by atoms with Crippen LogP contribution in [0.15, 0.2) is 0 Å². The third-order valence-electron chi connectivity index (χ3n) is 0.365. The first-order valence-corrected chi connectivity index (χ1v) is 7.05. The molecule has 0 aliphatic heterocycles. The molecule has 0 rings (SSSR count). The Bertz CT molecular complexity index is 69.4. The van der Waals surface area contributed by atoms with Crippen molar-refractivity contribution in [2.45, 2.75) is 33.5 Å². The van der Waals surface area contributed by atoms with Crippen LogP contribution >= 0.6 is 0 Å². The first-order valence-electron chi connectivity index (χ1n) is 3.60. The van der Waals surface area contributed by atoms with E-state index < -0.39 is 8.32 Å². The molecule has 0 aliphatic rings. The van der Waals surface area contributed by atoms with Crippen molar-refractivity contribution in [3.8, 4) is 0 Å². The second-order valence-corrected chi connectivity index (χ2v) is 8.09. The maximum atomic E-state index is 8.66. The van der Waals surface area contributed by atoms with E-state index in [1.807, 2.05) is 33.5 Å². The summed E-state index contributed by atoms with van der Waals surface area (Å²) < 4.78 is 0. The van der Waals surface area contributed by atoms with Crippen molar-refractivity contribution in [1.82, 2.24) is 0 Å². The van der Waals surface area contributed by atoms with Gasteiger partial charge in [0.05, 0.1) is 0 Å². The number of aliphatic hydroxyl groups is 1. The van der Waals surface area contributed by atoms with Crippen LogP contribution in [0.3, 0.4) is 0 Å².